The van der Waals surface area contributed by atoms with Crippen molar-refractivity contribution >= 4 is 44.8 Å². The zero-order valence-corrected chi connectivity index (χ0v) is 10.1. The van der Waals surface area contributed by atoms with E-state index in [4.69, 9.17) is 11.6 Å². The molecule has 72 valence electrons. The summed E-state index contributed by atoms with van der Waals surface area (Å²) in [4.78, 5) is 12.8. The van der Waals surface area contributed by atoms with Crippen molar-refractivity contribution < 1.29 is 9.53 Å². The van der Waals surface area contributed by atoms with E-state index in [1.54, 1.807) is 6.07 Å². The lowest BCUT2D eigenvalue weighted by Gasteiger charge is -1.91. The normalized spacial score (nSPS) is 10.1. The Morgan fingerprint density at radius 3 is 2.85 bits per heavy atom. The van der Waals surface area contributed by atoms with Crippen molar-refractivity contribution in [2.75, 3.05) is 7.11 Å². The molecule has 0 spiro atoms. The Morgan fingerprint density at radius 1 is 1.77 bits per heavy atom. The number of ether oxygens (including phenoxy) is 1. The monoisotopic (exact) mass is 282 g/mol. The summed E-state index contributed by atoms with van der Waals surface area (Å²) in [6.07, 6.45) is 0. The molecule has 0 fully saturated rings. The third-order valence-electron chi connectivity index (χ3n) is 1.55. The largest absolute Gasteiger partial charge is 0.465 e. The maximum absolute atomic E-state index is 11.1. The highest BCUT2D eigenvalue weighted by molar-refractivity contribution is 9.08. The van der Waals surface area contributed by atoms with Gasteiger partial charge in [-0.05, 0) is 11.6 Å². The van der Waals surface area contributed by atoms with Crippen molar-refractivity contribution in [3.63, 3.8) is 0 Å². The summed E-state index contributed by atoms with van der Waals surface area (Å²) < 4.78 is 4.61. The first kappa shape index (κ1) is 11.0. The van der Waals surface area contributed by atoms with Crippen LogP contribution in [0, 0.1) is 0 Å². The maximum atomic E-state index is 11.1. The molecule has 13 heavy (non-hydrogen) atoms. The number of carbonyl (C=O) groups excluding carboxylic acids is 1. The van der Waals surface area contributed by atoms with Crippen molar-refractivity contribution in [2.45, 2.75) is 11.2 Å². The predicted octanol–water partition coefficient (Wildman–Crippen LogP) is 3.17. The first-order valence-corrected chi connectivity index (χ1v) is 6.02. The average molecular weight is 284 g/mol. The van der Waals surface area contributed by atoms with Crippen LogP contribution in [-0.4, -0.2) is 13.1 Å². The van der Waals surface area contributed by atoms with E-state index in [1.807, 2.05) is 0 Å². The number of rotatable bonds is 3. The molecule has 1 aromatic rings. The second-order valence-corrected chi connectivity index (χ2v) is 4.28. The number of esters is 1. The molecule has 0 saturated carbocycles. The molecule has 2 nitrogen and oxygen atoms in total. The van der Waals surface area contributed by atoms with Gasteiger partial charge < -0.3 is 4.74 Å². The molecule has 0 bridgehead atoms. The van der Waals surface area contributed by atoms with Gasteiger partial charge in [-0.15, -0.1) is 22.9 Å². The van der Waals surface area contributed by atoms with Crippen LogP contribution in [0.1, 0.15) is 20.1 Å². The quantitative estimate of drug-likeness (QED) is 0.629. The van der Waals surface area contributed by atoms with E-state index in [9.17, 15) is 4.79 Å². The van der Waals surface area contributed by atoms with Crippen LogP contribution in [0.3, 0.4) is 0 Å². The minimum Gasteiger partial charge on any atom is -0.465 e. The zero-order valence-electron chi connectivity index (χ0n) is 6.97. The highest BCUT2D eigenvalue weighted by atomic mass is 79.9. The molecule has 0 unspecified atom stereocenters. The van der Waals surface area contributed by atoms with E-state index in [0.29, 0.717) is 10.8 Å². The minimum atomic E-state index is -0.302. The third-order valence-corrected chi connectivity index (χ3v) is 3.93. The molecule has 1 heterocycles. The lowest BCUT2D eigenvalue weighted by atomic mass is 10.3. The molecule has 0 N–H and O–H groups in total. The Bertz CT molecular complexity index is 290. The summed E-state index contributed by atoms with van der Waals surface area (Å²) >= 11 is 10.4. The number of alkyl halides is 2. The lowest BCUT2D eigenvalue weighted by molar-refractivity contribution is 0.0606. The molecule has 0 aromatic carbocycles. The second kappa shape index (κ2) is 4.98. The minimum absolute atomic E-state index is 0.302. The standard InChI is InChI=1S/C8H8BrClO2S/c1-12-8(11)6-2-5(4-10)7(3-9)13-6/h2H,3-4H2,1H3. The smallest absolute Gasteiger partial charge is 0.348 e. The number of hydrogen-bond acceptors (Lipinski definition) is 3. The van der Waals surface area contributed by atoms with E-state index >= 15 is 0 Å². The summed E-state index contributed by atoms with van der Waals surface area (Å²) in [6.45, 7) is 0. The van der Waals surface area contributed by atoms with Gasteiger partial charge in [0.15, 0.2) is 0 Å². The molecule has 0 amide bonds. The molecule has 5 heteroatoms. The molecule has 0 atom stereocenters. The van der Waals surface area contributed by atoms with E-state index in [-0.39, 0.29) is 5.97 Å². The number of methoxy groups -OCH3 is 1. The summed E-state index contributed by atoms with van der Waals surface area (Å²) in [5, 5.41) is 0.719. The van der Waals surface area contributed by atoms with Crippen LogP contribution < -0.4 is 0 Å². The van der Waals surface area contributed by atoms with Crippen molar-refractivity contribution in [3.05, 3.63) is 21.4 Å². The molecule has 0 aliphatic heterocycles. The fraction of sp³-hybridized carbons (Fsp3) is 0.375. The van der Waals surface area contributed by atoms with E-state index in [2.05, 4.69) is 20.7 Å². The van der Waals surface area contributed by atoms with Gasteiger partial charge in [-0.2, -0.15) is 0 Å². The van der Waals surface area contributed by atoms with Crippen LogP contribution in [0.2, 0.25) is 0 Å². The summed E-state index contributed by atoms with van der Waals surface area (Å²) in [7, 11) is 1.37. The SMILES string of the molecule is COC(=O)c1cc(CCl)c(CBr)s1. The molecule has 0 aliphatic rings. The number of hydrogen-bond donors (Lipinski definition) is 0. The zero-order chi connectivity index (χ0) is 9.84. The number of halogens is 2. The van der Waals surface area contributed by atoms with Gasteiger partial charge in [0.2, 0.25) is 0 Å². The molecular formula is C8H8BrClO2S. The topological polar surface area (TPSA) is 26.3 Å². The van der Waals surface area contributed by atoms with Crippen LogP contribution in [-0.2, 0) is 15.9 Å². The van der Waals surface area contributed by atoms with Gasteiger partial charge in [-0.1, -0.05) is 15.9 Å². The first-order valence-electron chi connectivity index (χ1n) is 3.54. The Kier molecular flexibility index (Phi) is 4.22. The van der Waals surface area contributed by atoms with Gasteiger partial charge in [-0.3, -0.25) is 0 Å². The molecule has 0 aliphatic carbocycles. The van der Waals surface area contributed by atoms with Crippen LogP contribution >= 0.6 is 38.9 Å². The van der Waals surface area contributed by atoms with Gasteiger partial charge in [0.1, 0.15) is 4.88 Å². The van der Waals surface area contributed by atoms with Gasteiger partial charge in [0.25, 0.3) is 0 Å². The molecular weight excluding hydrogens is 276 g/mol. The van der Waals surface area contributed by atoms with Crippen molar-refractivity contribution in [1.82, 2.24) is 0 Å². The Balaban J connectivity index is 2.99. The highest BCUT2D eigenvalue weighted by Crippen LogP contribution is 2.26. The van der Waals surface area contributed by atoms with E-state index in [1.165, 1.54) is 18.4 Å². The Labute approximate surface area is 94.0 Å². The number of thiophene rings is 1. The molecule has 1 rings (SSSR count). The van der Waals surface area contributed by atoms with Crippen molar-refractivity contribution in [1.29, 1.82) is 0 Å². The summed E-state index contributed by atoms with van der Waals surface area (Å²) in [5.74, 6) is 0.123. The van der Waals surface area contributed by atoms with Crippen LogP contribution in [0.4, 0.5) is 0 Å². The second-order valence-electron chi connectivity index (χ2n) is 2.32. The fourth-order valence-corrected chi connectivity index (χ4v) is 2.87. The Hall–Kier alpha value is -0.0600. The average Bonchev–Trinajstić information content (AvgIpc) is 2.59. The van der Waals surface area contributed by atoms with Gasteiger partial charge in [0, 0.05) is 16.1 Å². The highest BCUT2D eigenvalue weighted by Gasteiger charge is 2.13. The maximum Gasteiger partial charge on any atom is 0.348 e. The van der Waals surface area contributed by atoms with Crippen LogP contribution in [0.5, 0.6) is 0 Å². The molecule has 0 saturated heterocycles. The fourth-order valence-electron chi connectivity index (χ4n) is 0.894. The van der Waals surface area contributed by atoms with Crippen LogP contribution in [0.15, 0.2) is 6.07 Å². The van der Waals surface area contributed by atoms with Crippen molar-refractivity contribution in [3.8, 4) is 0 Å². The predicted molar refractivity (Wildman–Crippen MR) is 57.8 cm³/mol. The van der Waals surface area contributed by atoms with Crippen molar-refractivity contribution in [2.24, 2.45) is 0 Å². The third kappa shape index (κ3) is 2.45. The summed E-state index contributed by atoms with van der Waals surface area (Å²) in [5.41, 5.74) is 0.990. The lowest BCUT2D eigenvalue weighted by Crippen LogP contribution is -1.96. The van der Waals surface area contributed by atoms with Gasteiger partial charge >= 0.3 is 5.97 Å². The van der Waals surface area contributed by atoms with E-state index < -0.39 is 0 Å². The number of carbonyl (C=O) groups is 1. The van der Waals surface area contributed by atoms with E-state index in [0.717, 1.165) is 15.8 Å². The molecule has 0 radical (unpaired) electrons. The summed E-state index contributed by atoms with van der Waals surface area (Å²) in [6, 6.07) is 1.78. The molecule has 1 aromatic heterocycles. The van der Waals surface area contributed by atoms with Gasteiger partial charge in [-0.25, -0.2) is 4.79 Å². The van der Waals surface area contributed by atoms with Crippen LogP contribution in [0.25, 0.3) is 0 Å². The Morgan fingerprint density at radius 2 is 2.46 bits per heavy atom. The first-order chi connectivity index (χ1) is 6.22. The van der Waals surface area contributed by atoms with Gasteiger partial charge in [0.05, 0.1) is 7.11 Å².